The largest absolute Gasteiger partial charge is 0.491 e. The molecule has 4 amide bonds. The molecule has 33 heavy (non-hydrogen) atoms. The molecule has 1 aliphatic carbocycles. The van der Waals surface area contributed by atoms with Crippen molar-refractivity contribution in [2.24, 2.45) is 0 Å². The molecule has 1 aromatic rings. The van der Waals surface area contributed by atoms with Crippen LogP contribution in [-0.4, -0.2) is 60.8 Å². The van der Waals surface area contributed by atoms with E-state index in [4.69, 9.17) is 4.74 Å². The highest BCUT2D eigenvalue weighted by molar-refractivity contribution is 5.98. The Labute approximate surface area is 193 Å². The number of rotatable bonds is 4. The summed E-state index contributed by atoms with van der Waals surface area (Å²) in [6, 6.07) is 4.81. The van der Waals surface area contributed by atoms with Crippen molar-refractivity contribution in [2.75, 3.05) is 20.2 Å². The second kappa shape index (κ2) is 10.8. The summed E-state index contributed by atoms with van der Waals surface area (Å²) in [5, 5.41) is 8.32. The lowest BCUT2D eigenvalue weighted by Gasteiger charge is -2.22. The fourth-order valence-electron chi connectivity index (χ4n) is 3.29. The van der Waals surface area contributed by atoms with Crippen LogP contribution in [0.4, 0.5) is 0 Å². The van der Waals surface area contributed by atoms with Crippen LogP contribution in [0.15, 0.2) is 42.6 Å². The molecule has 2 aliphatic rings. The van der Waals surface area contributed by atoms with Crippen molar-refractivity contribution in [3.05, 3.63) is 53.8 Å². The number of nitrogens with one attached hydrogen (secondary N) is 3. The van der Waals surface area contributed by atoms with Crippen LogP contribution in [-0.2, 0) is 20.8 Å². The third-order valence-electron chi connectivity index (χ3n) is 5.34. The second-order valence-corrected chi connectivity index (χ2v) is 8.31. The zero-order valence-corrected chi connectivity index (χ0v) is 19.0. The van der Waals surface area contributed by atoms with Crippen LogP contribution in [0.3, 0.4) is 0 Å². The van der Waals surface area contributed by atoms with Crippen LogP contribution in [0.1, 0.15) is 42.1 Å². The van der Waals surface area contributed by atoms with Crippen LogP contribution in [0, 0.1) is 0 Å². The van der Waals surface area contributed by atoms with Gasteiger partial charge in [0.1, 0.15) is 12.4 Å². The number of benzene rings is 1. The molecule has 3 N–H and O–H groups in total. The molecule has 1 fully saturated rings. The smallest absolute Gasteiger partial charge is 0.259 e. The molecule has 0 saturated heterocycles. The van der Waals surface area contributed by atoms with Gasteiger partial charge in [-0.1, -0.05) is 19.6 Å². The standard InChI is InChI=1S/C24H30N4O5/c1-4-16-6-9-19-20(11-16)33-14-18(12-21(29)26-17-7-8-17)27-22(30)13-28(3)23(31)10-5-15(2)25-24(19)32/h5-6,9-11,17-18H,2,4,7-8,12-14H2,1,3H3,(H,25,32)(H,26,29)(H,27,30)/b10-5+/t18-/m0/s1. The molecule has 0 radical (unpaired) electrons. The molecular formula is C24H30N4O5. The summed E-state index contributed by atoms with van der Waals surface area (Å²) >= 11 is 0. The zero-order valence-electron chi connectivity index (χ0n) is 19.0. The van der Waals surface area contributed by atoms with Crippen molar-refractivity contribution in [1.82, 2.24) is 20.9 Å². The van der Waals surface area contributed by atoms with Gasteiger partial charge < -0.3 is 25.6 Å². The molecule has 3 rings (SSSR count). The van der Waals surface area contributed by atoms with Crippen LogP contribution in [0.5, 0.6) is 5.75 Å². The lowest BCUT2D eigenvalue weighted by Crippen LogP contribution is -2.47. The number of carbonyl (C=O) groups is 4. The van der Waals surface area contributed by atoms with E-state index in [1.165, 1.54) is 24.1 Å². The highest BCUT2D eigenvalue weighted by Crippen LogP contribution is 2.22. The average molecular weight is 455 g/mol. The van der Waals surface area contributed by atoms with Crippen molar-refractivity contribution >= 4 is 23.6 Å². The Morgan fingerprint density at radius 3 is 2.70 bits per heavy atom. The Hall–Kier alpha value is -3.62. The third-order valence-corrected chi connectivity index (χ3v) is 5.34. The molecule has 176 valence electrons. The van der Waals surface area contributed by atoms with Gasteiger partial charge in [0, 0.05) is 24.9 Å². The van der Waals surface area contributed by atoms with Gasteiger partial charge in [-0.05, 0) is 43.0 Å². The van der Waals surface area contributed by atoms with E-state index in [9.17, 15) is 19.2 Å². The fraction of sp³-hybridized carbons (Fsp3) is 0.417. The van der Waals surface area contributed by atoms with E-state index in [-0.39, 0.29) is 42.8 Å². The van der Waals surface area contributed by atoms with E-state index in [2.05, 4.69) is 22.5 Å². The lowest BCUT2D eigenvalue weighted by atomic mass is 10.1. The van der Waals surface area contributed by atoms with E-state index >= 15 is 0 Å². The first-order chi connectivity index (χ1) is 15.7. The Bertz CT molecular complexity index is 983. The number of likely N-dealkylation sites (N-methyl/N-ethyl adjacent to an activating group) is 1. The zero-order chi connectivity index (χ0) is 24.0. The molecule has 1 heterocycles. The molecular weight excluding hydrogens is 424 g/mol. The number of carbonyl (C=O) groups excluding carboxylic acids is 4. The van der Waals surface area contributed by atoms with Crippen LogP contribution in [0.2, 0.25) is 0 Å². The topological polar surface area (TPSA) is 117 Å². The Morgan fingerprint density at radius 1 is 1.24 bits per heavy atom. The lowest BCUT2D eigenvalue weighted by molar-refractivity contribution is -0.132. The first kappa shape index (κ1) is 24.0. The summed E-state index contributed by atoms with van der Waals surface area (Å²) < 4.78 is 5.96. The SMILES string of the molecule is C=C1/C=C/C(=O)N(C)CC(=O)N[C@@H](CC(=O)NC2CC2)COc2cc(CC)ccc2C(=O)N1. The summed E-state index contributed by atoms with van der Waals surface area (Å²) in [5.41, 5.74) is 1.48. The molecule has 1 atom stereocenters. The first-order valence-electron chi connectivity index (χ1n) is 11.0. The number of aryl methyl sites for hydroxylation is 1. The van der Waals surface area contributed by atoms with Crippen molar-refractivity contribution in [3.63, 3.8) is 0 Å². The normalized spacial score (nSPS) is 21.0. The fourth-order valence-corrected chi connectivity index (χ4v) is 3.29. The molecule has 9 nitrogen and oxygen atoms in total. The molecule has 0 unspecified atom stereocenters. The predicted molar refractivity (Wildman–Crippen MR) is 122 cm³/mol. The number of hydrogen-bond acceptors (Lipinski definition) is 5. The maximum atomic E-state index is 12.8. The number of allylic oxidation sites excluding steroid dienone is 1. The highest BCUT2D eigenvalue weighted by atomic mass is 16.5. The Morgan fingerprint density at radius 2 is 2.00 bits per heavy atom. The Balaban J connectivity index is 1.87. The quantitative estimate of drug-likeness (QED) is 0.629. The van der Waals surface area contributed by atoms with E-state index < -0.39 is 23.8 Å². The summed E-state index contributed by atoms with van der Waals surface area (Å²) in [6.07, 6.45) is 5.27. The monoisotopic (exact) mass is 454 g/mol. The van der Waals surface area contributed by atoms with E-state index in [0.29, 0.717) is 5.75 Å². The minimum atomic E-state index is -0.642. The van der Waals surface area contributed by atoms with Gasteiger partial charge in [-0.25, -0.2) is 0 Å². The van der Waals surface area contributed by atoms with Crippen molar-refractivity contribution in [2.45, 2.75) is 44.7 Å². The Kier molecular flexibility index (Phi) is 7.87. The average Bonchev–Trinajstić information content (AvgIpc) is 3.58. The maximum absolute atomic E-state index is 12.8. The molecule has 0 aromatic heterocycles. The van der Waals surface area contributed by atoms with Crippen LogP contribution in [0.25, 0.3) is 0 Å². The maximum Gasteiger partial charge on any atom is 0.259 e. The number of ether oxygens (including phenoxy) is 1. The number of fused-ring (bicyclic) bond motifs is 1. The van der Waals surface area contributed by atoms with Gasteiger partial charge in [-0.15, -0.1) is 0 Å². The van der Waals surface area contributed by atoms with Gasteiger partial charge in [-0.3, -0.25) is 19.2 Å². The molecule has 1 aliphatic heterocycles. The van der Waals surface area contributed by atoms with E-state index in [0.717, 1.165) is 24.8 Å². The first-order valence-corrected chi connectivity index (χ1v) is 11.0. The summed E-state index contributed by atoms with van der Waals surface area (Å²) in [5.74, 6) is -1.13. The van der Waals surface area contributed by atoms with Gasteiger partial charge in [-0.2, -0.15) is 0 Å². The summed E-state index contributed by atoms with van der Waals surface area (Å²) in [7, 11) is 1.49. The predicted octanol–water partition coefficient (Wildman–Crippen LogP) is 1.05. The van der Waals surface area contributed by atoms with E-state index in [1.54, 1.807) is 12.1 Å². The number of amides is 4. The van der Waals surface area contributed by atoms with Gasteiger partial charge in [0.15, 0.2) is 0 Å². The third kappa shape index (κ3) is 7.20. The minimum absolute atomic E-state index is 0.0195. The van der Waals surface area contributed by atoms with Crippen LogP contribution >= 0.6 is 0 Å². The number of hydrogen-bond donors (Lipinski definition) is 3. The second-order valence-electron chi connectivity index (χ2n) is 8.31. The van der Waals surface area contributed by atoms with Crippen LogP contribution < -0.4 is 20.7 Å². The summed E-state index contributed by atoms with van der Waals surface area (Å²) in [4.78, 5) is 51.3. The van der Waals surface area contributed by atoms with Gasteiger partial charge >= 0.3 is 0 Å². The van der Waals surface area contributed by atoms with Gasteiger partial charge in [0.2, 0.25) is 17.7 Å². The van der Waals surface area contributed by atoms with Crippen molar-refractivity contribution in [3.8, 4) is 5.75 Å². The van der Waals surface area contributed by atoms with Gasteiger partial charge in [0.25, 0.3) is 5.91 Å². The molecule has 0 bridgehead atoms. The highest BCUT2D eigenvalue weighted by Gasteiger charge is 2.26. The molecule has 0 spiro atoms. The number of nitrogens with zero attached hydrogens (tertiary/aromatic N) is 1. The molecule has 1 aromatic carbocycles. The molecule has 1 saturated carbocycles. The van der Waals surface area contributed by atoms with Crippen molar-refractivity contribution in [1.29, 1.82) is 0 Å². The minimum Gasteiger partial charge on any atom is -0.491 e. The van der Waals surface area contributed by atoms with Crippen molar-refractivity contribution < 1.29 is 23.9 Å². The molecule has 9 heteroatoms. The van der Waals surface area contributed by atoms with Gasteiger partial charge in [0.05, 0.1) is 24.6 Å². The van der Waals surface area contributed by atoms with E-state index in [1.807, 2.05) is 13.0 Å². The summed E-state index contributed by atoms with van der Waals surface area (Å²) in [6.45, 7) is 5.52.